The second kappa shape index (κ2) is 9.67. The fourth-order valence-electron chi connectivity index (χ4n) is 0. The Kier molecular flexibility index (Phi) is 25.2. The fraction of sp³-hybridized carbons (Fsp3) is 0. The van der Waals surface area contributed by atoms with E-state index in [9.17, 15) is 0 Å². The molecular formula is H5GaLaO3Si. The van der Waals surface area contributed by atoms with E-state index in [1.807, 2.05) is 0 Å². The zero-order valence-corrected chi connectivity index (χ0v) is 7.01. The van der Waals surface area contributed by atoms with Crippen LogP contribution in [0, 0.1) is 35.6 Å². The minimum Gasteiger partial charge on any atom is 0 e. The van der Waals surface area contributed by atoms with E-state index in [-0.39, 0.29) is 55.4 Å². The van der Waals surface area contributed by atoms with Crippen LogP contribution in [0.4, 0.5) is 0 Å². The van der Waals surface area contributed by atoms with Crippen LogP contribution in [0.3, 0.4) is 0 Å². The summed E-state index contributed by atoms with van der Waals surface area (Å²) in [4.78, 5) is 14.3. The van der Waals surface area contributed by atoms with Crippen LogP contribution < -0.4 is 0 Å². The van der Waals surface area contributed by atoms with E-state index in [0.29, 0.717) is 0 Å². The van der Waals surface area contributed by atoms with Gasteiger partial charge in [-0.2, -0.15) is 0 Å². The molecule has 0 spiro atoms. The van der Waals surface area contributed by atoms with Crippen molar-refractivity contribution in [2.24, 2.45) is 0 Å². The number of hydrogen-bond donors (Lipinski definition) is 2. The summed E-state index contributed by atoms with van der Waals surface area (Å²) >= 11 is 0. The summed E-state index contributed by atoms with van der Waals surface area (Å²) in [6, 6.07) is 0. The summed E-state index contributed by atoms with van der Waals surface area (Å²) in [6.45, 7) is 0. The van der Waals surface area contributed by atoms with Crippen molar-refractivity contribution in [1.82, 2.24) is 0 Å². The molecule has 0 heterocycles. The summed E-state index contributed by atoms with van der Waals surface area (Å²) in [5.41, 5.74) is 0. The van der Waals surface area contributed by atoms with E-state index in [4.69, 9.17) is 14.1 Å². The third-order valence-corrected chi connectivity index (χ3v) is 0. The molecular weight excluding hydrogens is 285 g/mol. The van der Waals surface area contributed by atoms with E-state index < -0.39 is 9.17 Å². The average Bonchev–Trinajstić information content (AvgIpc) is 0.811. The first-order valence-electron chi connectivity index (χ1n) is 0.651. The van der Waals surface area contributed by atoms with Gasteiger partial charge in [0.05, 0.1) is 0 Å². The number of rotatable bonds is 0. The molecule has 0 amide bonds. The topological polar surface area (TPSA) is 57.5 Å². The van der Waals surface area contributed by atoms with Crippen molar-refractivity contribution >= 4 is 29.0 Å². The van der Waals surface area contributed by atoms with E-state index in [1.54, 1.807) is 0 Å². The van der Waals surface area contributed by atoms with Crippen molar-refractivity contribution < 1.29 is 49.7 Å². The molecule has 0 saturated heterocycles. The van der Waals surface area contributed by atoms with E-state index in [0.717, 1.165) is 0 Å². The van der Waals surface area contributed by atoms with Gasteiger partial charge in [-0.05, 0) is 0 Å². The van der Waals surface area contributed by atoms with Crippen LogP contribution in [-0.4, -0.2) is 38.6 Å². The van der Waals surface area contributed by atoms with Gasteiger partial charge in [0.2, 0.25) is 0 Å². The fourth-order valence-corrected chi connectivity index (χ4v) is 0. The molecule has 2 N–H and O–H groups in total. The molecule has 1 radical (unpaired) electrons. The van der Waals surface area contributed by atoms with E-state index in [2.05, 4.69) is 0 Å². The molecule has 0 atom stereocenters. The third-order valence-electron chi connectivity index (χ3n) is 0. The molecule has 6 heavy (non-hydrogen) atoms. The van der Waals surface area contributed by atoms with Gasteiger partial charge in [-0.15, -0.1) is 0 Å². The van der Waals surface area contributed by atoms with Crippen LogP contribution >= 0.6 is 0 Å². The van der Waals surface area contributed by atoms with Crippen molar-refractivity contribution in [1.29, 1.82) is 0 Å². The molecule has 0 aliphatic rings. The molecule has 0 aliphatic carbocycles. The van der Waals surface area contributed by atoms with Crippen LogP contribution in [0.5, 0.6) is 0 Å². The summed E-state index contributed by atoms with van der Waals surface area (Å²) < 4.78 is 8.74. The monoisotopic (exact) mass is 289 g/mol. The molecule has 0 saturated carbocycles. The predicted octanol–water partition coefficient (Wildman–Crippen LogP) is -2.80. The smallest absolute Gasteiger partial charge is 0 e. The van der Waals surface area contributed by atoms with Gasteiger partial charge in [0.1, 0.15) is 0 Å². The first kappa shape index (κ1) is 15.7. The van der Waals surface area contributed by atoms with Crippen LogP contribution in [0.2, 0.25) is 0 Å². The maximum absolute atomic E-state index is 8.74. The van der Waals surface area contributed by atoms with Crippen LogP contribution in [0.15, 0.2) is 0 Å². The van der Waals surface area contributed by atoms with Crippen molar-refractivity contribution in [3.8, 4) is 0 Å². The molecule has 0 aromatic rings. The Balaban J connectivity index is -0.0000000450. The Hall–Kier alpha value is 1.45. The Morgan fingerprint density at radius 2 is 1.33 bits per heavy atom. The van der Waals surface area contributed by atoms with Gasteiger partial charge in [-0.3, -0.25) is 4.46 Å². The average molecular weight is 290 g/mol. The third kappa shape index (κ3) is 51.4. The Labute approximate surface area is 77.7 Å². The standard InChI is InChI=1S/Ga.La.H2O3Si.3H/c;;1-4(2)3;;;/h;;1-2H;;;. The molecule has 0 fully saturated rings. The summed E-state index contributed by atoms with van der Waals surface area (Å²) in [5, 5.41) is 0. The van der Waals surface area contributed by atoms with Gasteiger partial charge < -0.3 is 9.59 Å². The molecule has 0 rings (SSSR count). The largest absolute Gasteiger partial charge is 0 e. The van der Waals surface area contributed by atoms with Crippen molar-refractivity contribution in [3.05, 3.63) is 0 Å². The Morgan fingerprint density at radius 3 is 1.33 bits per heavy atom. The minimum atomic E-state index is -3.13. The van der Waals surface area contributed by atoms with Crippen molar-refractivity contribution in [2.75, 3.05) is 0 Å². The Bertz CT molecular complexity index is 33.8. The molecule has 0 bridgehead atoms. The second-order valence-corrected chi connectivity index (χ2v) is 0.848. The molecule has 0 unspecified atom stereocenters. The molecule has 0 aromatic heterocycles. The van der Waals surface area contributed by atoms with Gasteiger partial charge in [0.15, 0.2) is 0 Å². The maximum atomic E-state index is 8.74. The first-order chi connectivity index (χ1) is 1.73. The van der Waals surface area contributed by atoms with Gasteiger partial charge in [-0.25, -0.2) is 0 Å². The quantitative estimate of drug-likeness (QED) is 0.474. The normalized spacial score (nSPS) is 4.00. The summed E-state index contributed by atoms with van der Waals surface area (Å²) in [7, 11) is -3.13. The van der Waals surface area contributed by atoms with Gasteiger partial charge in [-0.1, -0.05) is 0 Å². The van der Waals surface area contributed by atoms with Gasteiger partial charge in [0.25, 0.3) is 0 Å². The van der Waals surface area contributed by atoms with Crippen LogP contribution in [0.1, 0.15) is 0 Å². The minimum absolute atomic E-state index is 0. The predicted molar refractivity (Wildman–Crippen MR) is 20.8 cm³/mol. The summed E-state index contributed by atoms with van der Waals surface area (Å²) in [5.74, 6) is 0. The maximum Gasteiger partial charge on any atom is 0 e. The molecule has 3 nitrogen and oxygen atoms in total. The first-order valence-corrected chi connectivity index (χ1v) is 1.95. The van der Waals surface area contributed by atoms with E-state index >= 15 is 0 Å². The molecule has 33 valence electrons. The van der Waals surface area contributed by atoms with E-state index in [1.165, 1.54) is 0 Å². The molecule has 0 aliphatic heterocycles. The molecule has 0 aromatic carbocycles. The van der Waals surface area contributed by atoms with Crippen LogP contribution in [-0.2, 0) is 4.46 Å². The molecule has 6 heteroatoms. The Morgan fingerprint density at radius 1 is 1.33 bits per heavy atom. The zero-order chi connectivity index (χ0) is 3.58. The van der Waals surface area contributed by atoms with Gasteiger partial charge >= 0.3 is 29.0 Å². The van der Waals surface area contributed by atoms with Crippen LogP contribution in [0.25, 0.3) is 0 Å². The SMILES string of the molecule is O=[Si](O)O.[GaH3].[La]. The van der Waals surface area contributed by atoms with Crippen molar-refractivity contribution in [3.63, 3.8) is 0 Å². The zero-order valence-electron chi connectivity index (χ0n) is 2.38. The van der Waals surface area contributed by atoms with Gasteiger partial charge in [0, 0.05) is 35.6 Å². The number of hydrogen-bond acceptors (Lipinski definition) is 1. The van der Waals surface area contributed by atoms with Crippen molar-refractivity contribution in [2.45, 2.75) is 0 Å². The second-order valence-electron chi connectivity index (χ2n) is 0.283. The summed E-state index contributed by atoms with van der Waals surface area (Å²) in [6.07, 6.45) is 0.